The normalized spacial score (nSPS) is 15.1. The molecule has 0 aromatic carbocycles. The number of hydrogen-bond donors (Lipinski definition) is 2. The van der Waals surface area contributed by atoms with Gasteiger partial charge in [-0.1, -0.05) is 12.3 Å². The van der Waals surface area contributed by atoms with E-state index in [-0.39, 0.29) is 5.52 Å². The van der Waals surface area contributed by atoms with E-state index in [0.717, 1.165) is 13.1 Å². The second-order valence-electron chi connectivity index (χ2n) is 5.50. The smallest absolute Gasteiger partial charge is 0.358 e. The molecule has 1 aliphatic heterocycles. The number of aromatic carboxylic acids is 1. The molecule has 0 amide bonds. The van der Waals surface area contributed by atoms with E-state index < -0.39 is 17.4 Å². The lowest BCUT2D eigenvalue weighted by Crippen LogP contribution is -2.29. The van der Waals surface area contributed by atoms with Crippen LogP contribution in [0.2, 0.25) is 0 Å². The van der Waals surface area contributed by atoms with Gasteiger partial charge in [0.25, 0.3) is 0 Å². The van der Waals surface area contributed by atoms with Crippen LogP contribution in [0.3, 0.4) is 0 Å². The van der Waals surface area contributed by atoms with Crippen molar-refractivity contribution in [1.82, 2.24) is 14.9 Å². The fourth-order valence-corrected chi connectivity index (χ4v) is 2.72. The first-order chi connectivity index (χ1) is 11.2. The summed E-state index contributed by atoms with van der Waals surface area (Å²) >= 11 is 0. The third-order valence-corrected chi connectivity index (χ3v) is 3.90. The maximum Gasteiger partial charge on any atom is 0.358 e. The van der Waals surface area contributed by atoms with Crippen molar-refractivity contribution >= 4 is 16.9 Å². The van der Waals surface area contributed by atoms with E-state index in [4.69, 9.17) is 0 Å². The van der Waals surface area contributed by atoms with Gasteiger partial charge < -0.3 is 10.2 Å². The molecule has 1 saturated heterocycles. The van der Waals surface area contributed by atoms with E-state index in [1.807, 2.05) is 0 Å². The van der Waals surface area contributed by atoms with Gasteiger partial charge in [0.1, 0.15) is 11.2 Å². The summed E-state index contributed by atoms with van der Waals surface area (Å²) in [5.41, 5.74) is 0.126. The Balaban J connectivity index is 1.96. The number of pyridine rings is 2. The number of aromatic nitrogens is 2. The lowest BCUT2D eigenvalue weighted by Gasteiger charge is -2.23. The van der Waals surface area contributed by atoms with Gasteiger partial charge in [0, 0.05) is 11.6 Å². The van der Waals surface area contributed by atoms with E-state index in [0.29, 0.717) is 17.6 Å². The maximum atomic E-state index is 11.2. The summed E-state index contributed by atoms with van der Waals surface area (Å²) in [6.45, 7) is 2.72. The molecular weight excluding hydrogens is 294 g/mol. The number of nitrogens with zero attached hydrogens (tertiary/aromatic N) is 3. The highest BCUT2D eigenvalue weighted by atomic mass is 16.4. The van der Waals surface area contributed by atoms with E-state index in [9.17, 15) is 15.0 Å². The molecule has 3 heterocycles. The van der Waals surface area contributed by atoms with E-state index >= 15 is 0 Å². The number of carboxylic acid groups (broad SMARTS) is 1. The Morgan fingerprint density at radius 1 is 1.30 bits per heavy atom. The summed E-state index contributed by atoms with van der Waals surface area (Å²) in [6.07, 6.45) is 5.14. The topological polar surface area (TPSA) is 86.5 Å². The molecule has 118 valence electrons. The first-order valence-corrected chi connectivity index (χ1v) is 7.59. The van der Waals surface area contributed by atoms with Gasteiger partial charge in [0.2, 0.25) is 0 Å². The molecule has 0 spiro atoms. The predicted molar refractivity (Wildman–Crippen MR) is 85.3 cm³/mol. The number of rotatable bonds is 2. The Labute approximate surface area is 133 Å². The summed E-state index contributed by atoms with van der Waals surface area (Å²) in [6, 6.07) is 3.44. The van der Waals surface area contributed by atoms with E-state index in [1.165, 1.54) is 25.5 Å². The zero-order valence-electron chi connectivity index (χ0n) is 12.6. The third-order valence-electron chi connectivity index (χ3n) is 3.90. The molecule has 2 aromatic rings. The van der Waals surface area contributed by atoms with Gasteiger partial charge in [-0.3, -0.25) is 9.88 Å². The van der Waals surface area contributed by atoms with Crippen molar-refractivity contribution < 1.29 is 15.0 Å². The molecule has 1 fully saturated rings. The Morgan fingerprint density at radius 2 is 2.09 bits per heavy atom. The largest absolute Gasteiger partial charge is 0.504 e. The molecule has 2 aromatic heterocycles. The molecule has 6 nitrogen and oxygen atoms in total. The zero-order valence-corrected chi connectivity index (χ0v) is 12.6. The number of fused-ring (bicyclic) bond motifs is 1. The number of carboxylic acids is 1. The molecule has 0 radical (unpaired) electrons. The maximum absolute atomic E-state index is 11.2. The molecule has 1 aliphatic rings. The average Bonchev–Trinajstić information content (AvgIpc) is 2.58. The lowest BCUT2D eigenvalue weighted by molar-refractivity contribution is 0.0687. The van der Waals surface area contributed by atoms with Gasteiger partial charge in [-0.25, -0.2) is 9.78 Å². The van der Waals surface area contributed by atoms with Crippen molar-refractivity contribution in [2.75, 3.05) is 19.6 Å². The molecule has 6 heteroatoms. The van der Waals surface area contributed by atoms with E-state index in [2.05, 4.69) is 26.7 Å². The van der Waals surface area contributed by atoms with E-state index in [1.54, 1.807) is 12.1 Å². The summed E-state index contributed by atoms with van der Waals surface area (Å²) in [5.74, 6) is 4.28. The van der Waals surface area contributed by atoms with Crippen LogP contribution >= 0.6 is 0 Å². The van der Waals surface area contributed by atoms with Crippen molar-refractivity contribution in [2.45, 2.75) is 19.3 Å². The Bertz CT molecular complexity index is 802. The Kier molecular flexibility index (Phi) is 4.40. The number of likely N-dealkylation sites (tertiary alicyclic amines) is 1. The molecule has 2 N–H and O–H groups in total. The molecule has 0 unspecified atom stereocenters. The van der Waals surface area contributed by atoms with Crippen molar-refractivity contribution in [3.05, 3.63) is 29.7 Å². The molecule has 0 bridgehead atoms. The fourth-order valence-electron chi connectivity index (χ4n) is 2.72. The van der Waals surface area contributed by atoms with Crippen LogP contribution in [-0.4, -0.2) is 50.7 Å². The van der Waals surface area contributed by atoms with Crippen molar-refractivity contribution in [3.63, 3.8) is 0 Å². The lowest BCUT2D eigenvalue weighted by atomic mass is 10.1. The number of aromatic hydroxyl groups is 1. The van der Waals surface area contributed by atoms with Gasteiger partial charge in [0.05, 0.1) is 6.54 Å². The van der Waals surface area contributed by atoms with Gasteiger partial charge in [-0.05, 0) is 44.0 Å². The van der Waals surface area contributed by atoms with Crippen LogP contribution in [0.4, 0.5) is 0 Å². The number of hydrogen-bond acceptors (Lipinski definition) is 5. The first kappa shape index (κ1) is 15.3. The Hall–Kier alpha value is -2.65. The molecule has 0 saturated carbocycles. The highest BCUT2D eigenvalue weighted by molar-refractivity contribution is 5.98. The van der Waals surface area contributed by atoms with Crippen LogP contribution in [0.1, 0.15) is 35.4 Å². The van der Waals surface area contributed by atoms with Crippen LogP contribution in [0.5, 0.6) is 5.75 Å². The summed E-state index contributed by atoms with van der Waals surface area (Å²) < 4.78 is 0. The summed E-state index contributed by atoms with van der Waals surface area (Å²) in [7, 11) is 0. The van der Waals surface area contributed by atoms with Crippen LogP contribution < -0.4 is 0 Å². The van der Waals surface area contributed by atoms with Crippen molar-refractivity contribution in [3.8, 4) is 17.6 Å². The SMILES string of the molecule is O=C(O)c1nc(C#CCN2CCCCC2)c2cccnc2c1O. The minimum Gasteiger partial charge on any atom is -0.504 e. The van der Waals surface area contributed by atoms with Crippen molar-refractivity contribution in [1.29, 1.82) is 0 Å². The van der Waals surface area contributed by atoms with Gasteiger partial charge in [-0.2, -0.15) is 0 Å². The number of piperidine rings is 1. The third kappa shape index (κ3) is 3.25. The molecule has 3 rings (SSSR count). The summed E-state index contributed by atoms with van der Waals surface area (Å²) in [4.78, 5) is 21.6. The Morgan fingerprint density at radius 3 is 2.83 bits per heavy atom. The average molecular weight is 311 g/mol. The predicted octanol–water partition coefficient (Wildman–Crippen LogP) is 1.87. The standard InChI is InChI=1S/C17H17N3O3/c21-16-14-12(6-4-8-18-14)13(19-15(16)17(22)23)7-5-11-20-9-2-1-3-10-20/h4,6,8,21H,1-3,9-11H2,(H,22,23). The summed E-state index contributed by atoms with van der Waals surface area (Å²) in [5, 5.41) is 19.7. The minimum absolute atomic E-state index is 0.210. The monoisotopic (exact) mass is 311 g/mol. The van der Waals surface area contributed by atoms with Crippen LogP contribution in [0, 0.1) is 11.8 Å². The highest BCUT2D eigenvalue weighted by Gasteiger charge is 2.18. The molecule has 0 aliphatic carbocycles. The van der Waals surface area contributed by atoms with Gasteiger partial charge >= 0.3 is 5.97 Å². The second kappa shape index (κ2) is 6.63. The van der Waals surface area contributed by atoms with Crippen molar-refractivity contribution in [2.24, 2.45) is 0 Å². The second-order valence-corrected chi connectivity index (χ2v) is 5.50. The van der Waals surface area contributed by atoms with Gasteiger partial charge in [0.15, 0.2) is 11.4 Å². The highest BCUT2D eigenvalue weighted by Crippen LogP contribution is 2.27. The van der Waals surface area contributed by atoms with Crippen LogP contribution in [-0.2, 0) is 0 Å². The zero-order chi connectivity index (χ0) is 16.2. The molecular formula is C17H17N3O3. The minimum atomic E-state index is -1.30. The fraction of sp³-hybridized carbons (Fsp3) is 0.353. The van der Waals surface area contributed by atoms with Crippen LogP contribution in [0.25, 0.3) is 10.9 Å². The first-order valence-electron chi connectivity index (χ1n) is 7.59. The quantitative estimate of drug-likeness (QED) is 0.823. The van der Waals surface area contributed by atoms with Crippen LogP contribution in [0.15, 0.2) is 18.3 Å². The number of carbonyl (C=O) groups is 1. The van der Waals surface area contributed by atoms with Gasteiger partial charge in [-0.15, -0.1) is 0 Å². The molecule has 23 heavy (non-hydrogen) atoms. The molecule has 0 atom stereocenters.